The van der Waals surface area contributed by atoms with Crippen molar-refractivity contribution in [2.75, 3.05) is 6.54 Å². The molecule has 0 aromatic heterocycles. The Balaban J connectivity index is 2.06. The van der Waals surface area contributed by atoms with Crippen molar-refractivity contribution in [3.8, 4) is 11.1 Å². The molecule has 3 aromatic carbocycles. The van der Waals surface area contributed by atoms with Crippen LogP contribution in [0.1, 0.15) is 29.2 Å². The fourth-order valence-electron chi connectivity index (χ4n) is 3.77. The highest BCUT2D eigenvalue weighted by Crippen LogP contribution is 2.43. The molecule has 0 aliphatic rings. The number of rotatable bonds is 8. The number of carbonyl (C=O) groups excluding carboxylic acids is 1. The molecule has 190 valence electrons. The van der Waals surface area contributed by atoms with Gasteiger partial charge in [-0.3, -0.25) is 4.79 Å². The number of amides is 1. The summed E-state index contributed by atoms with van der Waals surface area (Å²) in [5.41, 5.74) is -0.192. The van der Waals surface area contributed by atoms with E-state index in [1.165, 1.54) is 4.90 Å². The molecule has 1 N–H and O–H groups in total. The second-order valence-electron chi connectivity index (χ2n) is 7.87. The van der Waals surface area contributed by atoms with Gasteiger partial charge in [0.15, 0.2) is 0 Å². The molecule has 36 heavy (non-hydrogen) atoms. The van der Waals surface area contributed by atoms with Crippen molar-refractivity contribution in [3.63, 3.8) is 0 Å². The highest BCUT2D eigenvalue weighted by molar-refractivity contribution is 6.32. The number of carboxylic acids is 1. The van der Waals surface area contributed by atoms with Crippen molar-refractivity contribution < 1.29 is 32.6 Å². The molecule has 0 atom stereocenters. The number of carbonyl (C=O) groups is 2. The zero-order chi connectivity index (χ0) is 26.5. The van der Waals surface area contributed by atoms with E-state index in [0.717, 1.165) is 6.07 Å². The number of benzene rings is 3. The molecule has 0 bridgehead atoms. The van der Waals surface area contributed by atoms with Gasteiger partial charge in [-0.15, -0.1) is 0 Å². The Labute approximate surface area is 216 Å². The van der Waals surface area contributed by atoms with Gasteiger partial charge in [0.2, 0.25) is 0 Å². The van der Waals surface area contributed by atoms with Crippen LogP contribution in [-0.4, -0.2) is 28.6 Å². The van der Waals surface area contributed by atoms with Crippen LogP contribution in [0.15, 0.2) is 60.7 Å². The largest absolute Gasteiger partial charge is 0.481 e. The molecule has 1 amide bonds. The molecule has 5 nitrogen and oxygen atoms in total. The monoisotopic (exact) mass is 539 g/mol. The van der Waals surface area contributed by atoms with E-state index >= 15 is 0 Å². The van der Waals surface area contributed by atoms with Crippen LogP contribution in [-0.2, 0) is 35.3 Å². The van der Waals surface area contributed by atoms with E-state index in [2.05, 4.69) is 0 Å². The van der Waals surface area contributed by atoms with E-state index < -0.39 is 40.8 Å². The Bertz CT molecular complexity index is 1230. The summed E-state index contributed by atoms with van der Waals surface area (Å²) in [5.74, 6) is -1.46. The highest BCUT2D eigenvalue weighted by Gasteiger charge is 2.39. The maximum Gasteiger partial charge on any atom is 0.418 e. The lowest BCUT2D eigenvalue weighted by Crippen LogP contribution is -2.32. The van der Waals surface area contributed by atoms with Crippen molar-refractivity contribution in [2.45, 2.75) is 32.7 Å². The SMILES string of the molecule is CCN(Cc1c(-c2ccccc2)cc(Cl)c(C(F)(F)F)c1CC(=O)O)C(=O)OCc1ccc(Cl)cc1. The zero-order valence-corrected chi connectivity index (χ0v) is 20.6. The van der Waals surface area contributed by atoms with Gasteiger partial charge in [0.25, 0.3) is 0 Å². The van der Waals surface area contributed by atoms with Crippen LogP contribution in [0.2, 0.25) is 10.0 Å². The van der Waals surface area contributed by atoms with Gasteiger partial charge < -0.3 is 14.7 Å². The Morgan fingerprint density at radius 3 is 2.19 bits per heavy atom. The molecule has 3 rings (SSSR count). The van der Waals surface area contributed by atoms with Crippen LogP contribution in [0, 0.1) is 0 Å². The van der Waals surface area contributed by atoms with E-state index in [0.29, 0.717) is 21.7 Å². The van der Waals surface area contributed by atoms with Gasteiger partial charge in [-0.05, 0) is 52.9 Å². The van der Waals surface area contributed by atoms with Gasteiger partial charge in [0.05, 0.1) is 17.0 Å². The Morgan fingerprint density at radius 2 is 1.64 bits per heavy atom. The molecule has 0 heterocycles. The van der Waals surface area contributed by atoms with Gasteiger partial charge in [-0.2, -0.15) is 13.2 Å². The van der Waals surface area contributed by atoms with Crippen molar-refractivity contribution in [1.82, 2.24) is 4.90 Å². The summed E-state index contributed by atoms with van der Waals surface area (Å²) in [7, 11) is 0. The summed E-state index contributed by atoms with van der Waals surface area (Å²) in [6.45, 7) is 1.35. The third-order valence-corrected chi connectivity index (χ3v) is 6.01. The number of alkyl halides is 3. The fraction of sp³-hybridized carbons (Fsp3) is 0.231. The first-order valence-corrected chi connectivity index (χ1v) is 11.6. The van der Waals surface area contributed by atoms with Crippen LogP contribution in [0.5, 0.6) is 0 Å². The molecule has 0 saturated carbocycles. The first-order chi connectivity index (χ1) is 17.0. The lowest BCUT2D eigenvalue weighted by molar-refractivity contribution is -0.139. The molecule has 0 spiro atoms. The summed E-state index contributed by atoms with van der Waals surface area (Å²) < 4.78 is 47.3. The third-order valence-electron chi connectivity index (χ3n) is 5.46. The van der Waals surface area contributed by atoms with E-state index in [9.17, 15) is 27.9 Å². The number of ether oxygens (including phenoxy) is 1. The number of hydrogen-bond donors (Lipinski definition) is 1. The second kappa shape index (κ2) is 11.7. The average molecular weight is 540 g/mol. The van der Waals surface area contributed by atoms with Gasteiger partial charge >= 0.3 is 18.2 Å². The van der Waals surface area contributed by atoms with Crippen LogP contribution in [0.4, 0.5) is 18.0 Å². The maximum atomic E-state index is 14.0. The first kappa shape index (κ1) is 27.4. The predicted octanol–water partition coefficient (Wildman–Crippen LogP) is 7.47. The normalized spacial score (nSPS) is 11.3. The second-order valence-corrected chi connectivity index (χ2v) is 8.71. The van der Waals surface area contributed by atoms with Crippen LogP contribution >= 0.6 is 23.2 Å². The topological polar surface area (TPSA) is 66.8 Å². The van der Waals surface area contributed by atoms with Gasteiger partial charge in [0.1, 0.15) is 6.61 Å². The first-order valence-electron chi connectivity index (χ1n) is 10.9. The molecule has 0 aliphatic heterocycles. The van der Waals surface area contributed by atoms with Gasteiger partial charge in [-0.1, -0.05) is 65.7 Å². The summed E-state index contributed by atoms with van der Waals surface area (Å²) in [4.78, 5) is 25.7. The van der Waals surface area contributed by atoms with Crippen molar-refractivity contribution in [1.29, 1.82) is 0 Å². The number of aliphatic carboxylic acids is 1. The molecule has 3 aromatic rings. The Hall–Kier alpha value is -3.23. The Kier molecular flexibility index (Phi) is 8.87. The zero-order valence-electron chi connectivity index (χ0n) is 19.1. The smallest absolute Gasteiger partial charge is 0.418 e. The maximum absolute atomic E-state index is 14.0. The summed E-state index contributed by atoms with van der Waals surface area (Å²) in [6, 6.07) is 16.3. The van der Waals surface area contributed by atoms with Gasteiger partial charge in [0, 0.05) is 18.1 Å². The number of nitrogens with zero attached hydrogens (tertiary/aromatic N) is 1. The third kappa shape index (κ3) is 6.71. The van der Waals surface area contributed by atoms with E-state index in [1.54, 1.807) is 61.5 Å². The van der Waals surface area contributed by atoms with Crippen LogP contribution in [0.25, 0.3) is 11.1 Å². The standard InChI is InChI=1S/C26H22Cl2F3NO4/c1-2-32(25(35)36-15-16-8-10-18(27)11-9-16)14-21-19(17-6-4-3-5-7-17)12-22(28)24(26(29,30)31)20(21)13-23(33)34/h3-12H,2,13-15H2,1H3,(H,33,34). The molecular weight excluding hydrogens is 518 g/mol. The molecule has 0 aliphatic carbocycles. The van der Waals surface area contributed by atoms with E-state index in [1.807, 2.05) is 0 Å². The minimum atomic E-state index is -4.90. The summed E-state index contributed by atoms with van der Waals surface area (Å²) >= 11 is 11.9. The predicted molar refractivity (Wildman–Crippen MR) is 131 cm³/mol. The van der Waals surface area contributed by atoms with Crippen molar-refractivity contribution in [3.05, 3.63) is 93.0 Å². The minimum Gasteiger partial charge on any atom is -0.481 e. The highest BCUT2D eigenvalue weighted by atomic mass is 35.5. The minimum absolute atomic E-state index is 0.0330. The van der Waals surface area contributed by atoms with Crippen molar-refractivity contribution >= 4 is 35.3 Å². The lowest BCUT2D eigenvalue weighted by atomic mass is 9.89. The molecule has 10 heteroatoms. The van der Waals surface area contributed by atoms with E-state index in [4.69, 9.17) is 27.9 Å². The molecule has 0 saturated heterocycles. The molecule has 0 fully saturated rings. The summed E-state index contributed by atoms with van der Waals surface area (Å²) in [6.07, 6.45) is -6.60. The molecule has 0 radical (unpaired) electrons. The van der Waals surface area contributed by atoms with Crippen molar-refractivity contribution in [2.24, 2.45) is 0 Å². The number of hydrogen-bond acceptors (Lipinski definition) is 3. The number of carboxylic acid groups (broad SMARTS) is 1. The summed E-state index contributed by atoms with van der Waals surface area (Å²) in [5, 5.41) is 9.34. The fourth-order valence-corrected chi connectivity index (χ4v) is 4.22. The van der Waals surface area contributed by atoms with Crippen LogP contribution < -0.4 is 0 Å². The van der Waals surface area contributed by atoms with Gasteiger partial charge in [-0.25, -0.2) is 4.79 Å². The number of halogens is 5. The Morgan fingerprint density at radius 1 is 1.00 bits per heavy atom. The van der Waals surface area contributed by atoms with Crippen LogP contribution in [0.3, 0.4) is 0 Å². The quantitative estimate of drug-likeness (QED) is 0.322. The molecular formula is C26H22Cl2F3NO4. The lowest BCUT2D eigenvalue weighted by Gasteiger charge is -2.26. The average Bonchev–Trinajstić information content (AvgIpc) is 2.82. The molecule has 0 unspecified atom stereocenters. The van der Waals surface area contributed by atoms with E-state index in [-0.39, 0.29) is 25.3 Å².